The van der Waals surface area contributed by atoms with E-state index in [4.69, 9.17) is 10.4 Å². The Balaban J connectivity index is 1.55. The Bertz CT molecular complexity index is 1040. The van der Waals surface area contributed by atoms with Crippen molar-refractivity contribution in [2.24, 2.45) is 23.7 Å². The van der Waals surface area contributed by atoms with Gasteiger partial charge in [-0.3, -0.25) is 20.0 Å². The molecule has 10 nitrogen and oxygen atoms in total. The van der Waals surface area contributed by atoms with Gasteiger partial charge < -0.3 is 31.5 Å². The lowest BCUT2D eigenvalue weighted by molar-refractivity contribution is -0.134. The fourth-order valence-electron chi connectivity index (χ4n) is 4.96. The van der Waals surface area contributed by atoms with Crippen molar-refractivity contribution < 1.29 is 20.0 Å². The second-order valence-corrected chi connectivity index (χ2v) is 8.86. The number of fused-ring (bicyclic) bond motifs is 2. The lowest BCUT2D eigenvalue weighted by Gasteiger charge is -2.43. The lowest BCUT2D eigenvalue weighted by atomic mass is 9.61. The average molecular weight is 466 g/mol. The van der Waals surface area contributed by atoms with Crippen LogP contribution in [-0.2, 0) is 9.59 Å². The minimum Gasteiger partial charge on any atom is -0.733 e. The zero-order valence-corrected chi connectivity index (χ0v) is 18.8. The van der Waals surface area contributed by atoms with E-state index in [1.165, 1.54) is 24.3 Å². The SMILES string of the molecule is Cc1cc(N([O-])O)ccc1NC(=O)C1C2C=CC(CC2)C1C(=O)Nc1ccc(N([O-])O)cc1C. The van der Waals surface area contributed by atoms with Crippen LogP contribution in [0.3, 0.4) is 0 Å². The molecule has 0 radical (unpaired) electrons. The largest absolute Gasteiger partial charge is 0.733 e. The number of nitrogens with zero attached hydrogens (tertiary/aromatic N) is 2. The van der Waals surface area contributed by atoms with Crippen molar-refractivity contribution in [3.8, 4) is 0 Å². The summed E-state index contributed by atoms with van der Waals surface area (Å²) in [5, 5.41) is 45.7. The van der Waals surface area contributed by atoms with Gasteiger partial charge in [-0.25, -0.2) is 0 Å². The summed E-state index contributed by atoms with van der Waals surface area (Å²) in [5.41, 5.74) is 2.30. The molecule has 2 aromatic carbocycles. The summed E-state index contributed by atoms with van der Waals surface area (Å²) in [5.74, 6) is -1.89. The molecule has 5 rings (SSSR count). The van der Waals surface area contributed by atoms with E-state index in [1.807, 2.05) is 12.2 Å². The first-order chi connectivity index (χ1) is 16.2. The minimum atomic E-state index is -0.578. The van der Waals surface area contributed by atoms with Crippen molar-refractivity contribution >= 4 is 34.6 Å². The van der Waals surface area contributed by atoms with Gasteiger partial charge in [-0.2, -0.15) is 0 Å². The number of hydrogen-bond donors (Lipinski definition) is 4. The van der Waals surface area contributed by atoms with E-state index in [0.29, 0.717) is 22.5 Å². The highest BCUT2D eigenvalue weighted by molar-refractivity contribution is 6.01. The van der Waals surface area contributed by atoms with Crippen LogP contribution in [0.5, 0.6) is 0 Å². The normalized spacial score (nSPS) is 22.9. The third-order valence-corrected chi connectivity index (χ3v) is 6.73. The molecule has 2 aromatic rings. The summed E-state index contributed by atoms with van der Waals surface area (Å²) in [6, 6.07) is 8.80. The zero-order valence-electron chi connectivity index (χ0n) is 18.8. The second-order valence-electron chi connectivity index (χ2n) is 8.86. The maximum Gasteiger partial charge on any atom is 0.228 e. The van der Waals surface area contributed by atoms with Gasteiger partial charge in [0.2, 0.25) is 11.8 Å². The molecule has 0 aromatic heterocycles. The van der Waals surface area contributed by atoms with Crippen molar-refractivity contribution in [3.63, 3.8) is 0 Å². The number of benzene rings is 2. The van der Waals surface area contributed by atoms with Crippen molar-refractivity contribution in [1.82, 2.24) is 0 Å². The molecule has 2 amide bonds. The molecule has 3 aliphatic carbocycles. The summed E-state index contributed by atoms with van der Waals surface area (Å²) in [6.45, 7) is 3.42. The number of amides is 2. The number of hydrogen-bond acceptors (Lipinski definition) is 8. The first-order valence-electron chi connectivity index (χ1n) is 11.0. The average Bonchev–Trinajstić information content (AvgIpc) is 2.81. The Morgan fingerprint density at radius 2 is 1.18 bits per heavy atom. The Labute approximate surface area is 196 Å². The van der Waals surface area contributed by atoms with Crippen LogP contribution in [0.4, 0.5) is 22.7 Å². The maximum absolute atomic E-state index is 13.4. The fourth-order valence-corrected chi connectivity index (χ4v) is 4.96. The molecule has 4 N–H and O–H groups in total. The summed E-state index contributed by atoms with van der Waals surface area (Å²) in [7, 11) is 0. The van der Waals surface area contributed by atoms with Crippen LogP contribution in [0.15, 0.2) is 48.6 Å². The number of carbonyl (C=O) groups is 2. The molecule has 0 heterocycles. The van der Waals surface area contributed by atoms with E-state index < -0.39 is 11.8 Å². The van der Waals surface area contributed by atoms with E-state index in [-0.39, 0.29) is 45.5 Å². The Morgan fingerprint density at radius 1 is 0.794 bits per heavy atom. The van der Waals surface area contributed by atoms with Gasteiger partial charge in [-0.05, 0) is 86.1 Å². The molecule has 1 fully saturated rings. The Kier molecular flexibility index (Phi) is 6.58. The Hall–Kier alpha value is -3.44. The van der Waals surface area contributed by atoms with Crippen LogP contribution >= 0.6 is 0 Å². The maximum atomic E-state index is 13.4. The quantitative estimate of drug-likeness (QED) is 0.367. The van der Waals surface area contributed by atoms with Gasteiger partial charge in [0.25, 0.3) is 0 Å². The molecular weight excluding hydrogens is 440 g/mol. The predicted octanol–water partition coefficient (Wildman–Crippen LogP) is 4.10. The van der Waals surface area contributed by atoms with E-state index >= 15 is 0 Å². The molecule has 4 unspecified atom stereocenters. The van der Waals surface area contributed by atoms with Crippen LogP contribution in [0.2, 0.25) is 0 Å². The standard InChI is InChI=1S/C24H26N4O6/c1-13-11-17(27(31)32)7-9-19(13)25-23(29)21-15-3-5-16(6-4-15)22(21)24(30)26-20-10-8-18(28(33)34)12-14(20)2/h3,5,7-12,15-16,21-22,31,33H,4,6H2,1-2H3,(H,25,29)(H,26,30)/q-2. The van der Waals surface area contributed by atoms with Gasteiger partial charge in [-0.1, -0.05) is 12.2 Å². The number of anilines is 4. The molecule has 180 valence electrons. The zero-order chi connectivity index (χ0) is 24.6. The molecule has 0 saturated heterocycles. The monoisotopic (exact) mass is 466 g/mol. The fraction of sp³-hybridized carbons (Fsp3) is 0.333. The molecule has 2 bridgehead atoms. The molecule has 1 saturated carbocycles. The number of nitrogens with one attached hydrogen (secondary N) is 2. The molecule has 34 heavy (non-hydrogen) atoms. The third kappa shape index (κ3) is 4.62. The van der Waals surface area contributed by atoms with E-state index in [1.54, 1.807) is 26.0 Å². The highest BCUT2D eigenvalue weighted by Gasteiger charge is 2.48. The van der Waals surface area contributed by atoms with Crippen LogP contribution < -0.4 is 21.1 Å². The molecule has 10 heteroatoms. The predicted molar refractivity (Wildman–Crippen MR) is 127 cm³/mol. The van der Waals surface area contributed by atoms with Gasteiger partial charge in [0, 0.05) is 11.4 Å². The van der Waals surface area contributed by atoms with Gasteiger partial charge in [0.1, 0.15) is 0 Å². The van der Waals surface area contributed by atoms with E-state index in [2.05, 4.69) is 10.6 Å². The van der Waals surface area contributed by atoms with E-state index in [0.717, 1.165) is 12.8 Å². The van der Waals surface area contributed by atoms with Crippen molar-refractivity contribution in [3.05, 3.63) is 70.1 Å². The van der Waals surface area contributed by atoms with E-state index in [9.17, 15) is 20.0 Å². The summed E-state index contributed by atoms with van der Waals surface area (Å²) < 4.78 is 0. The Morgan fingerprint density at radius 3 is 1.47 bits per heavy atom. The minimum absolute atomic E-state index is 0.0510. The molecule has 4 atom stereocenters. The number of aryl methyl sites for hydroxylation is 2. The first-order valence-corrected chi connectivity index (χ1v) is 11.0. The third-order valence-electron chi connectivity index (χ3n) is 6.73. The summed E-state index contributed by atoms with van der Waals surface area (Å²) in [4.78, 5) is 26.7. The van der Waals surface area contributed by atoms with Crippen LogP contribution in [-0.4, -0.2) is 22.2 Å². The molecule has 3 aliphatic rings. The van der Waals surface area contributed by atoms with Crippen molar-refractivity contribution in [1.29, 1.82) is 0 Å². The number of carbonyl (C=O) groups excluding carboxylic acids is 2. The van der Waals surface area contributed by atoms with Crippen LogP contribution in [0, 0.1) is 47.9 Å². The van der Waals surface area contributed by atoms with Crippen LogP contribution in [0.1, 0.15) is 24.0 Å². The molecular formula is C24H26N4O6-2. The number of allylic oxidation sites excluding steroid dienone is 2. The topological polar surface area (TPSA) is 151 Å². The van der Waals surface area contributed by atoms with Gasteiger partial charge in [0.05, 0.1) is 23.2 Å². The highest BCUT2D eigenvalue weighted by Crippen LogP contribution is 2.46. The lowest BCUT2D eigenvalue weighted by Crippen LogP contribution is -2.48. The number of rotatable bonds is 6. The van der Waals surface area contributed by atoms with Crippen molar-refractivity contribution in [2.75, 3.05) is 21.1 Å². The second kappa shape index (κ2) is 9.43. The van der Waals surface area contributed by atoms with Gasteiger partial charge in [-0.15, -0.1) is 0 Å². The smallest absolute Gasteiger partial charge is 0.228 e. The van der Waals surface area contributed by atoms with Crippen LogP contribution in [0.25, 0.3) is 0 Å². The highest BCUT2D eigenvalue weighted by atomic mass is 16.8. The summed E-state index contributed by atoms with van der Waals surface area (Å²) in [6.07, 6.45) is 5.62. The molecule has 0 spiro atoms. The summed E-state index contributed by atoms with van der Waals surface area (Å²) >= 11 is 0. The van der Waals surface area contributed by atoms with Crippen molar-refractivity contribution in [2.45, 2.75) is 26.7 Å². The van der Waals surface area contributed by atoms with Gasteiger partial charge in [0.15, 0.2) is 0 Å². The molecule has 0 aliphatic heterocycles. The van der Waals surface area contributed by atoms with Gasteiger partial charge >= 0.3 is 0 Å². The first kappa shape index (κ1) is 23.7.